The minimum absolute atomic E-state index is 0.0679. The molecule has 0 spiro atoms. The largest absolute Gasteiger partial charge is 0.361 e. The van der Waals surface area contributed by atoms with Gasteiger partial charge in [0.25, 0.3) is 0 Å². The van der Waals surface area contributed by atoms with Gasteiger partial charge < -0.3 is 10.6 Å². The molecule has 3 rings (SSSR count). The van der Waals surface area contributed by atoms with Crippen LogP contribution < -0.4 is 10.6 Å². The van der Waals surface area contributed by atoms with Gasteiger partial charge in [0.1, 0.15) is 0 Å². The van der Waals surface area contributed by atoms with Crippen molar-refractivity contribution < 1.29 is 4.79 Å². The topological polar surface area (TPSA) is 54.0 Å². The van der Waals surface area contributed by atoms with E-state index in [2.05, 4.69) is 50.6 Å². The van der Waals surface area contributed by atoms with Crippen molar-refractivity contribution in [2.24, 2.45) is 5.41 Å². The fourth-order valence-corrected chi connectivity index (χ4v) is 4.69. The van der Waals surface area contributed by atoms with Crippen LogP contribution in [0.2, 0.25) is 0 Å². The number of hydrogen-bond donors (Lipinski definition) is 2. The number of carbonyl (C=O) groups excluding carboxylic acids is 1. The summed E-state index contributed by atoms with van der Waals surface area (Å²) in [7, 11) is 0. The van der Waals surface area contributed by atoms with Crippen LogP contribution in [0.25, 0.3) is 10.6 Å². The van der Waals surface area contributed by atoms with Gasteiger partial charge in [0.15, 0.2) is 5.13 Å². The summed E-state index contributed by atoms with van der Waals surface area (Å²) in [5.74, 6) is 0.0679. The van der Waals surface area contributed by atoms with E-state index in [0.717, 1.165) is 33.5 Å². The molecule has 0 aliphatic carbocycles. The number of carbonyl (C=O) groups is 1. The number of rotatable bonds is 7. The maximum Gasteiger partial charge on any atom is 0.225 e. The van der Waals surface area contributed by atoms with Crippen LogP contribution in [-0.2, 0) is 17.8 Å². The second-order valence-corrected chi connectivity index (χ2v) is 10.1. The second kappa shape index (κ2) is 8.33. The predicted octanol–water partition coefficient (Wildman–Crippen LogP) is 5.25. The first-order valence-corrected chi connectivity index (χ1v) is 11.1. The third-order valence-electron chi connectivity index (χ3n) is 3.75. The van der Waals surface area contributed by atoms with Crippen LogP contribution in [0.3, 0.4) is 0 Å². The van der Waals surface area contributed by atoms with Gasteiger partial charge >= 0.3 is 0 Å². The zero-order valence-electron chi connectivity index (χ0n) is 15.2. The molecular weight excluding hydrogens is 382 g/mol. The molecular formula is C19H23N3OS3. The lowest BCUT2D eigenvalue weighted by Gasteiger charge is -2.17. The van der Waals surface area contributed by atoms with E-state index in [0.29, 0.717) is 6.54 Å². The Labute approximate surface area is 166 Å². The lowest BCUT2D eigenvalue weighted by molar-refractivity contribution is -0.128. The first-order chi connectivity index (χ1) is 12.4. The van der Waals surface area contributed by atoms with Crippen molar-refractivity contribution >= 4 is 45.0 Å². The number of nitrogens with zero attached hydrogens (tertiary/aromatic N) is 1. The van der Waals surface area contributed by atoms with Gasteiger partial charge in [-0.3, -0.25) is 4.79 Å². The number of aromatic nitrogens is 1. The molecule has 0 bridgehead atoms. The van der Waals surface area contributed by atoms with Crippen molar-refractivity contribution in [2.45, 2.75) is 33.7 Å². The van der Waals surface area contributed by atoms with Gasteiger partial charge in [0.2, 0.25) is 5.91 Å². The maximum absolute atomic E-state index is 12.0. The van der Waals surface area contributed by atoms with E-state index in [1.54, 1.807) is 34.0 Å². The zero-order valence-corrected chi connectivity index (χ0v) is 17.6. The summed E-state index contributed by atoms with van der Waals surface area (Å²) >= 11 is 5.09. The zero-order chi connectivity index (χ0) is 18.6. The summed E-state index contributed by atoms with van der Waals surface area (Å²) in [6, 6.07) is 8.38. The Morgan fingerprint density at radius 1 is 1.15 bits per heavy atom. The molecule has 0 saturated carbocycles. The van der Waals surface area contributed by atoms with E-state index in [4.69, 9.17) is 0 Å². The number of hydrogen-bond acceptors (Lipinski definition) is 6. The van der Waals surface area contributed by atoms with Crippen LogP contribution >= 0.6 is 34.0 Å². The summed E-state index contributed by atoms with van der Waals surface area (Å²) in [5.41, 5.74) is 0.630. The first kappa shape index (κ1) is 19.1. The molecule has 0 unspecified atom stereocenters. The Hall–Kier alpha value is -1.70. The van der Waals surface area contributed by atoms with E-state index in [1.165, 1.54) is 4.88 Å². The molecule has 3 aromatic rings. The Morgan fingerprint density at radius 2 is 2.00 bits per heavy atom. The molecule has 0 fully saturated rings. The Balaban J connectivity index is 1.52. The lowest BCUT2D eigenvalue weighted by Crippen LogP contribution is -2.34. The molecule has 7 heteroatoms. The number of thiazole rings is 1. The van der Waals surface area contributed by atoms with Crippen LogP contribution in [0.5, 0.6) is 0 Å². The van der Waals surface area contributed by atoms with Crippen LogP contribution in [0.1, 0.15) is 30.5 Å². The highest BCUT2D eigenvalue weighted by atomic mass is 32.1. The molecule has 0 saturated heterocycles. The molecule has 2 N–H and O–H groups in total. The Kier molecular flexibility index (Phi) is 6.11. The monoisotopic (exact) mass is 405 g/mol. The highest BCUT2D eigenvalue weighted by molar-refractivity contribution is 7.17. The summed E-state index contributed by atoms with van der Waals surface area (Å²) in [6.07, 6.45) is 1.02. The number of thiophene rings is 2. The molecule has 0 radical (unpaired) electrons. The van der Waals surface area contributed by atoms with Gasteiger partial charge in [-0.25, -0.2) is 4.98 Å². The summed E-state index contributed by atoms with van der Waals surface area (Å²) in [4.78, 5) is 20.3. The minimum atomic E-state index is -0.362. The quantitative estimate of drug-likeness (QED) is 0.564. The molecule has 0 aromatic carbocycles. The van der Waals surface area contributed by atoms with E-state index in [-0.39, 0.29) is 11.3 Å². The molecule has 3 aromatic heterocycles. The third-order valence-corrected chi connectivity index (χ3v) is 6.59. The van der Waals surface area contributed by atoms with Gasteiger partial charge in [-0.05, 0) is 30.0 Å². The smallest absolute Gasteiger partial charge is 0.225 e. The van der Waals surface area contributed by atoms with E-state index < -0.39 is 0 Å². The van der Waals surface area contributed by atoms with Crippen molar-refractivity contribution in [1.82, 2.24) is 10.3 Å². The standard InChI is InChI=1S/C19H23N3OS3/c1-19(2,3)17(23)21-11-14-6-7-16(26-14)15-12-25-18(22-15)20-9-8-13-5-4-10-24-13/h4-7,10,12H,8-9,11H2,1-3H3,(H,20,22)(H,21,23). The van der Waals surface area contributed by atoms with E-state index in [9.17, 15) is 4.79 Å². The predicted molar refractivity (Wildman–Crippen MR) is 113 cm³/mol. The fraction of sp³-hybridized carbons (Fsp3) is 0.368. The average Bonchev–Trinajstić information content (AvgIpc) is 3.33. The highest BCUT2D eigenvalue weighted by Crippen LogP contribution is 2.31. The third kappa shape index (κ3) is 5.16. The molecule has 0 aliphatic rings. The molecule has 4 nitrogen and oxygen atoms in total. The van der Waals surface area contributed by atoms with Crippen molar-refractivity contribution in [3.05, 3.63) is 44.8 Å². The first-order valence-electron chi connectivity index (χ1n) is 8.51. The van der Waals surface area contributed by atoms with Gasteiger partial charge in [-0.2, -0.15) is 0 Å². The fourth-order valence-electron chi connectivity index (χ4n) is 2.26. The maximum atomic E-state index is 12.0. The van der Waals surface area contributed by atoms with Gasteiger partial charge in [-0.15, -0.1) is 34.0 Å². The number of nitrogens with one attached hydrogen (secondary N) is 2. The van der Waals surface area contributed by atoms with Crippen LogP contribution in [-0.4, -0.2) is 17.4 Å². The summed E-state index contributed by atoms with van der Waals surface area (Å²) < 4.78 is 0. The van der Waals surface area contributed by atoms with Crippen molar-refractivity contribution in [3.8, 4) is 10.6 Å². The second-order valence-electron chi connectivity index (χ2n) is 6.99. The molecule has 0 aliphatic heterocycles. The lowest BCUT2D eigenvalue weighted by atomic mass is 9.96. The summed E-state index contributed by atoms with van der Waals surface area (Å²) in [6.45, 7) is 7.22. The Morgan fingerprint density at radius 3 is 2.73 bits per heavy atom. The molecule has 26 heavy (non-hydrogen) atoms. The van der Waals surface area contributed by atoms with Crippen molar-refractivity contribution in [1.29, 1.82) is 0 Å². The SMILES string of the molecule is CC(C)(C)C(=O)NCc1ccc(-c2csc(NCCc3cccs3)n2)s1. The molecule has 138 valence electrons. The minimum Gasteiger partial charge on any atom is -0.361 e. The Bertz CT molecular complexity index is 844. The highest BCUT2D eigenvalue weighted by Gasteiger charge is 2.20. The van der Waals surface area contributed by atoms with E-state index in [1.807, 2.05) is 20.8 Å². The van der Waals surface area contributed by atoms with Gasteiger partial charge in [0, 0.05) is 27.1 Å². The number of anilines is 1. The van der Waals surface area contributed by atoms with Crippen LogP contribution in [0.4, 0.5) is 5.13 Å². The normalized spacial score (nSPS) is 11.5. The average molecular weight is 406 g/mol. The van der Waals surface area contributed by atoms with Gasteiger partial charge in [-0.1, -0.05) is 26.8 Å². The number of amides is 1. The van der Waals surface area contributed by atoms with Gasteiger partial charge in [0.05, 0.1) is 17.1 Å². The molecule has 3 heterocycles. The molecule has 1 amide bonds. The van der Waals surface area contributed by atoms with Crippen LogP contribution in [0, 0.1) is 5.41 Å². The summed E-state index contributed by atoms with van der Waals surface area (Å²) in [5, 5.41) is 11.5. The van der Waals surface area contributed by atoms with Crippen molar-refractivity contribution in [2.75, 3.05) is 11.9 Å². The van der Waals surface area contributed by atoms with E-state index >= 15 is 0 Å². The van der Waals surface area contributed by atoms with Crippen LogP contribution in [0.15, 0.2) is 35.0 Å². The molecule has 0 atom stereocenters. The van der Waals surface area contributed by atoms with Crippen molar-refractivity contribution in [3.63, 3.8) is 0 Å².